The molecule has 2 rings (SSSR count). The van der Waals surface area contributed by atoms with Crippen molar-refractivity contribution in [1.82, 2.24) is 0 Å². The van der Waals surface area contributed by atoms with Crippen molar-refractivity contribution >= 4 is 5.57 Å². The third-order valence-corrected chi connectivity index (χ3v) is 3.86. The van der Waals surface area contributed by atoms with Crippen molar-refractivity contribution in [3.63, 3.8) is 0 Å². The Balaban J connectivity index is 2.42. The highest BCUT2D eigenvalue weighted by Gasteiger charge is 2.13. The monoisotopic (exact) mass is 289 g/mol. The summed E-state index contributed by atoms with van der Waals surface area (Å²) in [5.41, 5.74) is 6.17. The van der Waals surface area contributed by atoms with Crippen molar-refractivity contribution in [2.24, 2.45) is 0 Å². The Labute approximate surface area is 134 Å². The third-order valence-electron chi connectivity index (χ3n) is 3.86. The zero-order valence-electron chi connectivity index (χ0n) is 13.9. The van der Waals surface area contributed by atoms with Crippen LogP contribution < -0.4 is 0 Å². The van der Waals surface area contributed by atoms with Gasteiger partial charge in [-0.15, -0.1) is 0 Å². The quantitative estimate of drug-likeness (QED) is 0.682. The summed E-state index contributed by atoms with van der Waals surface area (Å²) in [6.45, 7) is 8.78. The maximum Gasteiger partial charge on any atom is 0.0669 e. The Morgan fingerprint density at radius 2 is 1.64 bits per heavy atom. The molecule has 0 spiro atoms. The van der Waals surface area contributed by atoms with E-state index in [1.807, 2.05) is 18.2 Å². The van der Waals surface area contributed by atoms with E-state index >= 15 is 0 Å². The van der Waals surface area contributed by atoms with Gasteiger partial charge >= 0.3 is 0 Å². The van der Waals surface area contributed by atoms with Crippen molar-refractivity contribution in [2.75, 3.05) is 0 Å². The van der Waals surface area contributed by atoms with E-state index in [0.717, 1.165) is 5.57 Å². The molecule has 22 heavy (non-hydrogen) atoms. The summed E-state index contributed by atoms with van der Waals surface area (Å²) in [5.74, 6) is 0. The molecule has 0 aliphatic heterocycles. The van der Waals surface area contributed by atoms with E-state index in [-0.39, 0.29) is 5.41 Å². The highest BCUT2D eigenvalue weighted by molar-refractivity contribution is 5.79. The Bertz CT molecular complexity index is 696. The normalized spacial score (nSPS) is 18.0. The van der Waals surface area contributed by atoms with Crippen molar-refractivity contribution in [3.8, 4) is 6.07 Å². The molecule has 0 heterocycles. The highest BCUT2D eigenvalue weighted by Crippen LogP contribution is 2.27. The molecule has 0 radical (unpaired) electrons. The lowest BCUT2D eigenvalue weighted by molar-refractivity contribution is 0.590. The summed E-state index contributed by atoms with van der Waals surface area (Å²) < 4.78 is 0. The van der Waals surface area contributed by atoms with Crippen molar-refractivity contribution in [3.05, 3.63) is 76.9 Å². The second kappa shape index (κ2) is 6.62. The van der Waals surface area contributed by atoms with Crippen LogP contribution >= 0.6 is 0 Å². The fourth-order valence-electron chi connectivity index (χ4n) is 2.54. The minimum atomic E-state index is 0.168. The minimum absolute atomic E-state index is 0.168. The second-order valence-corrected chi connectivity index (χ2v) is 6.70. The fraction of sp³-hybridized carbons (Fsp3) is 0.286. The summed E-state index contributed by atoms with van der Waals surface area (Å²) >= 11 is 0. The zero-order chi connectivity index (χ0) is 16.2. The van der Waals surface area contributed by atoms with Gasteiger partial charge in [0.2, 0.25) is 0 Å². The van der Waals surface area contributed by atoms with Gasteiger partial charge in [0, 0.05) is 0 Å². The van der Waals surface area contributed by atoms with Crippen LogP contribution in [0.2, 0.25) is 0 Å². The lowest BCUT2D eigenvalue weighted by atomic mass is 9.85. The van der Waals surface area contributed by atoms with Gasteiger partial charge < -0.3 is 0 Å². The predicted molar refractivity (Wildman–Crippen MR) is 94.3 cm³/mol. The Hall–Kier alpha value is -2.33. The highest BCUT2D eigenvalue weighted by atomic mass is 14.2. The van der Waals surface area contributed by atoms with Crippen LogP contribution in [-0.2, 0) is 5.41 Å². The molecule has 0 saturated heterocycles. The summed E-state index contributed by atoms with van der Waals surface area (Å²) in [7, 11) is 0. The molecule has 112 valence electrons. The summed E-state index contributed by atoms with van der Waals surface area (Å²) in [4.78, 5) is 0. The standard InChI is InChI=1S/C21H23N/c1-16-15-17(13-14-22)7-5-6-8-20(16)18-9-11-19(12-10-18)21(2,3)4/h5-12,15H,13H2,1-4H3/b6-5?,7-5+,8-6+,16-15?,17-7?,17-15?,20-8?,20-16?. The van der Waals surface area contributed by atoms with Gasteiger partial charge in [-0.1, -0.05) is 75.4 Å². The molecular weight excluding hydrogens is 266 g/mol. The van der Waals surface area contributed by atoms with Crippen LogP contribution in [0.5, 0.6) is 0 Å². The van der Waals surface area contributed by atoms with E-state index in [1.54, 1.807) is 0 Å². The van der Waals surface area contributed by atoms with E-state index in [0.29, 0.717) is 6.42 Å². The van der Waals surface area contributed by atoms with Gasteiger partial charge in [-0.05, 0) is 40.2 Å². The number of hydrogen-bond donors (Lipinski definition) is 0. The number of benzene rings is 1. The number of nitriles is 1. The molecule has 0 N–H and O–H groups in total. The number of hydrogen-bond acceptors (Lipinski definition) is 1. The molecule has 0 atom stereocenters. The van der Waals surface area contributed by atoms with Crippen LogP contribution in [0.4, 0.5) is 0 Å². The van der Waals surface area contributed by atoms with Crippen molar-refractivity contribution in [2.45, 2.75) is 39.5 Å². The van der Waals surface area contributed by atoms with E-state index in [2.05, 4.69) is 70.2 Å². The molecular formula is C21H23N. The minimum Gasteiger partial charge on any atom is -0.198 e. The lowest BCUT2D eigenvalue weighted by Gasteiger charge is -2.19. The summed E-state index contributed by atoms with van der Waals surface area (Å²) in [5, 5.41) is 8.90. The predicted octanol–water partition coefficient (Wildman–Crippen LogP) is 5.72. The molecule has 0 bridgehead atoms. The van der Waals surface area contributed by atoms with E-state index in [9.17, 15) is 0 Å². The first-order valence-corrected chi connectivity index (χ1v) is 7.66. The Morgan fingerprint density at radius 1 is 1.00 bits per heavy atom. The molecule has 1 aromatic carbocycles. The molecule has 0 fully saturated rings. The molecule has 1 nitrogen and oxygen atoms in total. The molecule has 1 aliphatic carbocycles. The van der Waals surface area contributed by atoms with Crippen LogP contribution in [-0.4, -0.2) is 0 Å². The molecule has 0 unspecified atom stereocenters. The van der Waals surface area contributed by atoms with E-state index in [4.69, 9.17) is 5.26 Å². The van der Waals surface area contributed by atoms with Gasteiger partial charge in [-0.25, -0.2) is 0 Å². The Morgan fingerprint density at radius 3 is 2.23 bits per heavy atom. The first kappa shape index (κ1) is 16.0. The molecule has 0 amide bonds. The van der Waals surface area contributed by atoms with Gasteiger partial charge in [-0.2, -0.15) is 5.26 Å². The second-order valence-electron chi connectivity index (χ2n) is 6.70. The first-order chi connectivity index (χ1) is 10.4. The Kier molecular flexibility index (Phi) is 4.83. The van der Waals surface area contributed by atoms with Gasteiger partial charge in [0.05, 0.1) is 12.5 Å². The van der Waals surface area contributed by atoms with Gasteiger partial charge in [0.25, 0.3) is 0 Å². The average molecular weight is 289 g/mol. The zero-order valence-corrected chi connectivity index (χ0v) is 13.9. The maximum absolute atomic E-state index is 8.90. The summed E-state index contributed by atoms with van der Waals surface area (Å²) in [6.07, 6.45) is 10.7. The van der Waals surface area contributed by atoms with Gasteiger partial charge in [0.15, 0.2) is 0 Å². The van der Waals surface area contributed by atoms with Crippen LogP contribution in [0.25, 0.3) is 5.57 Å². The topological polar surface area (TPSA) is 23.8 Å². The number of nitrogens with zero attached hydrogens (tertiary/aromatic N) is 1. The van der Waals surface area contributed by atoms with E-state index < -0.39 is 0 Å². The fourth-order valence-corrected chi connectivity index (χ4v) is 2.54. The van der Waals surface area contributed by atoms with Gasteiger partial charge in [-0.3, -0.25) is 0 Å². The van der Waals surface area contributed by atoms with E-state index in [1.165, 1.54) is 22.3 Å². The SMILES string of the molecule is CC1=C(c2ccc(C(C)(C)C)cc2)/C=C/C=C/C(CC#N)=C1. The van der Waals surface area contributed by atoms with Gasteiger partial charge in [0.1, 0.15) is 0 Å². The number of allylic oxidation sites excluding steroid dienone is 8. The molecule has 0 aromatic heterocycles. The van der Waals surface area contributed by atoms with Crippen LogP contribution in [0.1, 0.15) is 45.2 Å². The smallest absolute Gasteiger partial charge is 0.0669 e. The summed E-state index contributed by atoms with van der Waals surface area (Å²) in [6, 6.07) is 11.0. The molecule has 1 aromatic rings. The van der Waals surface area contributed by atoms with Crippen molar-refractivity contribution in [1.29, 1.82) is 5.26 Å². The third kappa shape index (κ3) is 3.86. The van der Waals surface area contributed by atoms with Crippen LogP contribution in [0.3, 0.4) is 0 Å². The molecule has 0 saturated carbocycles. The molecule has 1 heteroatoms. The van der Waals surface area contributed by atoms with Crippen LogP contribution in [0.15, 0.2) is 65.8 Å². The number of rotatable bonds is 2. The maximum atomic E-state index is 8.90. The van der Waals surface area contributed by atoms with Crippen molar-refractivity contribution < 1.29 is 0 Å². The average Bonchev–Trinajstić information content (AvgIpc) is 2.44. The van der Waals surface area contributed by atoms with Crippen LogP contribution in [0, 0.1) is 11.3 Å². The first-order valence-electron chi connectivity index (χ1n) is 7.66. The molecule has 1 aliphatic rings. The largest absolute Gasteiger partial charge is 0.198 e. The lowest BCUT2D eigenvalue weighted by Crippen LogP contribution is -2.10.